The molecule has 150 valence electrons. The molecule has 4 atom stereocenters. The SMILES string of the molecule is Cc1ccc(CC(NC(=O)C2NNC3CCNCC32)c2ccccn2)cc1.Cl. The summed E-state index contributed by atoms with van der Waals surface area (Å²) in [5.41, 5.74) is 9.80. The van der Waals surface area contributed by atoms with E-state index in [1.54, 1.807) is 6.20 Å². The molecule has 2 saturated heterocycles. The first-order chi connectivity index (χ1) is 13.2. The molecule has 2 aromatic rings. The van der Waals surface area contributed by atoms with Crippen molar-refractivity contribution in [2.75, 3.05) is 13.1 Å². The maximum atomic E-state index is 13.1. The summed E-state index contributed by atoms with van der Waals surface area (Å²) in [4.78, 5) is 17.5. The molecule has 2 aliphatic rings. The summed E-state index contributed by atoms with van der Waals surface area (Å²) in [7, 11) is 0. The van der Waals surface area contributed by atoms with E-state index in [-0.39, 0.29) is 36.3 Å². The van der Waals surface area contributed by atoms with E-state index in [1.165, 1.54) is 11.1 Å². The molecule has 0 aliphatic carbocycles. The molecule has 4 unspecified atom stereocenters. The van der Waals surface area contributed by atoms with Gasteiger partial charge in [0.25, 0.3) is 0 Å². The van der Waals surface area contributed by atoms with Gasteiger partial charge in [0.1, 0.15) is 6.04 Å². The minimum Gasteiger partial charge on any atom is -0.346 e. The van der Waals surface area contributed by atoms with Crippen molar-refractivity contribution in [1.82, 2.24) is 26.5 Å². The van der Waals surface area contributed by atoms with E-state index in [2.05, 4.69) is 57.7 Å². The van der Waals surface area contributed by atoms with Crippen LogP contribution < -0.4 is 21.5 Å². The molecule has 0 bridgehead atoms. The van der Waals surface area contributed by atoms with Crippen LogP contribution in [0.1, 0.15) is 29.3 Å². The number of carbonyl (C=O) groups is 1. The molecular weight excluding hydrogens is 374 g/mol. The van der Waals surface area contributed by atoms with Crippen molar-refractivity contribution in [3.05, 3.63) is 65.5 Å². The Labute approximate surface area is 172 Å². The molecule has 6 nitrogen and oxygen atoms in total. The maximum absolute atomic E-state index is 13.1. The highest BCUT2D eigenvalue weighted by atomic mass is 35.5. The molecule has 3 heterocycles. The summed E-state index contributed by atoms with van der Waals surface area (Å²) in [5, 5.41) is 6.64. The van der Waals surface area contributed by atoms with Crippen molar-refractivity contribution in [1.29, 1.82) is 0 Å². The number of nitrogens with one attached hydrogen (secondary N) is 4. The third kappa shape index (κ3) is 4.70. The Balaban J connectivity index is 0.00000225. The van der Waals surface area contributed by atoms with Gasteiger partial charge in [0, 0.05) is 24.7 Å². The van der Waals surface area contributed by atoms with Crippen LogP contribution in [0.2, 0.25) is 0 Å². The molecule has 2 fully saturated rings. The first-order valence-electron chi connectivity index (χ1n) is 9.69. The van der Waals surface area contributed by atoms with E-state index in [4.69, 9.17) is 0 Å². The summed E-state index contributed by atoms with van der Waals surface area (Å²) in [5.74, 6) is 0.295. The summed E-state index contributed by atoms with van der Waals surface area (Å²) in [6, 6.07) is 14.3. The quantitative estimate of drug-likeness (QED) is 0.613. The highest BCUT2D eigenvalue weighted by molar-refractivity contribution is 5.85. The Morgan fingerprint density at radius 2 is 2.04 bits per heavy atom. The van der Waals surface area contributed by atoms with Gasteiger partial charge in [-0.3, -0.25) is 15.2 Å². The molecule has 0 radical (unpaired) electrons. The normalized spacial score (nSPS) is 24.7. The third-order valence-corrected chi connectivity index (χ3v) is 5.59. The summed E-state index contributed by atoms with van der Waals surface area (Å²) in [6.45, 7) is 3.93. The number of aromatic nitrogens is 1. The van der Waals surface area contributed by atoms with Gasteiger partial charge in [-0.05, 0) is 44.0 Å². The van der Waals surface area contributed by atoms with E-state index in [0.29, 0.717) is 6.04 Å². The number of hydrazine groups is 1. The molecule has 7 heteroatoms. The molecule has 1 amide bonds. The van der Waals surface area contributed by atoms with Crippen LogP contribution in [0.3, 0.4) is 0 Å². The fourth-order valence-electron chi connectivity index (χ4n) is 4.01. The topological polar surface area (TPSA) is 78.1 Å². The van der Waals surface area contributed by atoms with Gasteiger partial charge in [0.15, 0.2) is 0 Å². The van der Waals surface area contributed by atoms with Crippen LogP contribution >= 0.6 is 12.4 Å². The number of fused-ring (bicyclic) bond motifs is 1. The van der Waals surface area contributed by atoms with Crippen LogP contribution in [0.15, 0.2) is 48.7 Å². The van der Waals surface area contributed by atoms with Crippen molar-refractivity contribution in [2.45, 2.75) is 37.9 Å². The zero-order valence-electron chi connectivity index (χ0n) is 16.0. The van der Waals surface area contributed by atoms with Gasteiger partial charge in [-0.2, -0.15) is 0 Å². The van der Waals surface area contributed by atoms with Gasteiger partial charge >= 0.3 is 0 Å². The van der Waals surface area contributed by atoms with Crippen molar-refractivity contribution < 1.29 is 4.79 Å². The number of amides is 1. The second kappa shape index (κ2) is 9.47. The summed E-state index contributed by atoms with van der Waals surface area (Å²) >= 11 is 0. The highest BCUT2D eigenvalue weighted by Crippen LogP contribution is 2.22. The highest BCUT2D eigenvalue weighted by Gasteiger charge is 2.41. The van der Waals surface area contributed by atoms with Crippen LogP contribution in [0.5, 0.6) is 0 Å². The molecule has 0 saturated carbocycles. The zero-order valence-corrected chi connectivity index (χ0v) is 16.8. The Kier molecular flexibility index (Phi) is 7.02. The number of nitrogens with zero attached hydrogens (tertiary/aromatic N) is 1. The molecule has 2 aliphatic heterocycles. The molecule has 4 rings (SSSR count). The molecule has 28 heavy (non-hydrogen) atoms. The number of hydrogen-bond donors (Lipinski definition) is 4. The minimum absolute atomic E-state index is 0. The first kappa shape index (κ1) is 20.7. The lowest BCUT2D eigenvalue weighted by atomic mass is 9.89. The molecular formula is C21H28ClN5O. The van der Waals surface area contributed by atoms with E-state index < -0.39 is 0 Å². The van der Waals surface area contributed by atoms with Crippen molar-refractivity contribution >= 4 is 18.3 Å². The number of halogens is 1. The Hall–Kier alpha value is -1.99. The fraction of sp³-hybridized carbons (Fsp3) is 0.429. The second-order valence-corrected chi connectivity index (χ2v) is 7.53. The molecule has 4 N–H and O–H groups in total. The predicted molar refractivity (Wildman–Crippen MR) is 112 cm³/mol. The van der Waals surface area contributed by atoms with Crippen molar-refractivity contribution in [3.63, 3.8) is 0 Å². The standard InChI is InChI=1S/C21H27N5O.ClH/c1-14-5-7-15(8-6-14)12-19(18-4-2-3-10-23-18)24-21(27)20-16-13-22-11-9-17(16)25-26-20;/h2-8,10,16-17,19-20,22,25-26H,9,11-13H2,1H3,(H,24,27);1H. The monoisotopic (exact) mass is 401 g/mol. The van der Waals surface area contributed by atoms with Gasteiger partial charge in [-0.15, -0.1) is 12.4 Å². The van der Waals surface area contributed by atoms with E-state index in [1.807, 2.05) is 18.2 Å². The lowest BCUT2D eigenvalue weighted by Gasteiger charge is -2.28. The number of carbonyl (C=O) groups excluding carboxylic acids is 1. The lowest BCUT2D eigenvalue weighted by Crippen LogP contribution is -2.50. The smallest absolute Gasteiger partial charge is 0.239 e. The van der Waals surface area contributed by atoms with Crippen LogP contribution in [0.4, 0.5) is 0 Å². The summed E-state index contributed by atoms with van der Waals surface area (Å²) in [6.07, 6.45) is 3.53. The van der Waals surface area contributed by atoms with E-state index in [9.17, 15) is 4.79 Å². The number of rotatable bonds is 5. The third-order valence-electron chi connectivity index (χ3n) is 5.59. The second-order valence-electron chi connectivity index (χ2n) is 7.53. The van der Waals surface area contributed by atoms with Gasteiger partial charge in [-0.1, -0.05) is 35.9 Å². The Morgan fingerprint density at radius 3 is 2.79 bits per heavy atom. The van der Waals surface area contributed by atoms with E-state index in [0.717, 1.165) is 31.6 Å². The van der Waals surface area contributed by atoms with Crippen molar-refractivity contribution in [2.24, 2.45) is 5.92 Å². The van der Waals surface area contributed by atoms with Crippen molar-refractivity contribution in [3.8, 4) is 0 Å². The molecule has 0 spiro atoms. The predicted octanol–water partition coefficient (Wildman–Crippen LogP) is 1.67. The van der Waals surface area contributed by atoms with Crippen LogP contribution in [0, 0.1) is 12.8 Å². The fourth-order valence-corrected chi connectivity index (χ4v) is 4.01. The van der Waals surface area contributed by atoms with Gasteiger partial charge < -0.3 is 10.6 Å². The number of hydrogen-bond acceptors (Lipinski definition) is 5. The maximum Gasteiger partial charge on any atom is 0.239 e. The first-order valence-corrected chi connectivity index (χ1v) is 9.69. The van der Waals surface area contributed by atoms with Crippen LogP contribution in [-0.4, -0.2) is 36.1 Å². The Bertz CT molecular complexity index is 770. The number of aryl methyl sites for hydroxylation is 1. The Morgan fingerprint density at radius 1 is 1.21 bits per heavy atom. The van der Waals surface area contributed by atoms with E-state index >= 15 is 0 Å². The van der Waals surface area contributed by atoms with Crippen LogP contribution in [-0.2, 0) is 11.2 Å². The average Bonchev–Trinajstić information content (AvgIpc) is 3.14. The minimum atomic E-state index is -0.230. The van der Waals surface area contributed by atoms with Crippen LogP contribution in [0.25, 0.3) is 0 Å². The average molecular weight is 402 g/mol. The van der Waals surface area contributed by atoms with Gasteiger partial charge in [-0.25, -0.2) is 5.43 Å². The number of benzene rings is 1. The zero-order chi connectivity index (χ0) is 18.6. The summed E-state index contributed by atoms with van der Waals surface area (Å²) < 4.78 is 0. The van der Waals surface area contributed by atoms with Gasteiger partial charge in [0.2, 0.25) is 5.91 Å². The number of piperidine rings is 1. The molecule has 1 aromatic heterocycles. The molecule has 1 aromatic carbocycles. The van der Waals surface area contributed by atoms with Gasteiger partial charge in [0.05, 0.1) is 11.7 Å². The number of pyridine rings is 1. The largest absolute Gasteiger partial charge is 0.346 e. The lowest BCUT2D eigenvalue weighted by molar-refractivity contribution is -0.124.